The molecule has 2 nitrogen and oxygen atoms in total. The Morgan fingerprint density at radius 3 is 2.52 bits per heavy atom. The number of thiophene rings is 1. The summed E-state index contributed by atoms with van der Waals surface area (Å²) in [4.78, 5) is 15.3. The molecule has 1 fully saturated rings. The van der Waals surface area contributed by atoms with Crippen LogP contribution in [0.1, 0.15) is 62.1 Å². The second kappa shape index (κ2) is 5.31. The molecule has 2 aliphatic rings. The lowest BCUT2D eigenvalue weighted by molar-refractivity contribution is 0.104. The topological polar surface area (TPSA) is 43.1 Å². The van der Waals surface area contributed by atoms with Crippen LogP contribution in [0.15, 0.2) is 18.2 Å². The number of ketones is 1. The molecule has 2 aliphatic carbocycles. The second-order valence-corrected chi connectivity index (χ2v) is 9.50. The van der Waals surface area contributed by atoms with Crippen molar-refractivity contribution in [3.63, 3.8) is 0 Å². The number of carbonyl (C=O) groups is 1. The predicted molar refractivity (Wildman–Crippen MR) is 106 cm³/mol. The molecule has 2 aromatic rings. The van der Waals surface area contributed by atoms with Crippen LogP contribution in [0.3, 0.4) is 0 Å². The van der Waals surface area contributed by atoms with Crippen molar-refractivity contribution in [1.29, 1.82) is 0 Å². The van der Waals surface area contributed by atoms with Gasteiger partial charge in [-0.3, -0.25) is 4.79 Å². The van der Waals surface area contributed by atoms with Crippen LogP contribution in [0.4, 0.5) is 5.69 Å². The minimum Gasteiger partial charge on any atom is -0.398 e. The van der Waals surface area contributed by atoms with Gasteiger partial charge >= 0.3 is 0 Å². The van der Waals surface area contributed by atoms with E-state index in [-0.39, 0.29) is 5.78 Å². The van der Waals surface area contributed by atoms with E-state index in [1.807, 2.05) is 43.4 Å². The van der Waals surface area contributed by atoms with E-state index in [1.54, 1.807) is 11.6 Å². The fourth-order valence-corrected chi connectivity index (χ4v) is 5.80. The molecule has 0 radical (unpaired) electrons. The summed E-state index contributed by atoms with van der Waals surface area (Å²) < 4.78 is 0. The SMILES string of the molecule is Cc1cc(C(=O)C=Cc2sc(C)c3c2C[C@@H]2[C@H]3C2(C)C)cc(C)c1N. The number of allylic oxidation sites excluding steroid dienone is 1. The van der Waals surface area contributed by atoms with Crippen molar-refractivity contribution in [2.75, 3.05) is 5.73 Å². The number of nitrogen functional groups attached to an aromatic ring is 1. The smallest absolute Gasteiger partial charge is 0.185 e. The van der Waals surface area contributed by atoms with E-state index in [1.165, 1.54) is 21.7 Å². The average molecular weight is 352 g/mol. The van der Waals surface area contributed by atoms with Crippen LogP contribution in [0.5, 0.6) is 0 Å². The maximum atomic E-state index is 12.6. The highest BCUT2D eigenvalue weighted by atomic mass is 32.1. The van der Waals surface area contributed by atoms with Gasteiger partial charge in [0.05, 0.1) is 0 Å². The van der Waals surface area contributed by atoms with E-state index in [4.69, 9.17) is 5.73 Å². The lowest BCUT2D eigenvalue weighted by Gasteiger charge is -2.09. The molecule has 0 bridgehead atoms. The maximum absolute atomic E-state index is 12.6. The summed E-state index contributed by atoms with van der Waals surface area (Å²) in [6.07, 6.45) is 4.92. The zero-order chi connectivity index (χ0) is 18.1. The molecule has 0 saturated heterocycles. The highest BCUT2D eigenvalue weighted by Gasteiger charge is 2.63. The van der Waals surface area contributed by atoms with Crippen molar-refractivity contribution < 1.29 is 4.79 Å². The summed E-state index contributed by atoms with van der Waals surface area (Å²) in [7, 11) is 0. The van der Waals surface area contributed by atoms with Gasteiger partial charge in [-0.1, -0.05) is 13.8 Å². The monoisotopic (exact) mass is 351 g/mol. The summed E-state index contributed by atoms with van der Waals surface area (Å²) >= 11 is 1.83. The fourth-order valence-electron chi connectivity index (χ4n) is 4.66. The predicted octanol–water partition coefficient (Wildman–Crippen LogP) is 5.45. The normalized spacial score (nSPS) is 22.9. The molecule has 1 aromatic heterocycles. The zero-order valence-corrected chi connectivity index (χ0v) is 16.4. The van der Waals surface area contributed by atoms with Gasteiger partial charge in [-0.2, -0.15) is 0 Å². The zero-order valence-electron chi connectivity index (χ0n) is 15.6. The van der Waals surface area contributed by atoms with Crippen LogP contribution in [0.2, 0.25) is 0 Å². The van der Waals surface area contributed by atoms with Gasteiger partial charge in [0.2, 0.25) is 0 Å². The molecular formula is C22H25NOS. The molecule has 2 N–H and O–H groups in total. The first-order valence-electron chi connectivity index (χ1n) is 8.93. The number of nitrogens with two attached hydrogens (primary N) is 1. The van der Waals surface area contributed by atoms with Crippen molar-refractivity contribution in [2.24, 2.45) is 11.3 Å². The number of hydrogen-bond acceptors (Lipinski definition) is 3. The van der Waals surface area contributed by atoms with E-state index in [2.05, 4.69) is 20.8 Å². The Morgan fingerprint density at radius 2 is 1.88 bits per heavy atom. The van der Waals surface area contributed by atoms with Gasteiger partial charge in [0, 0.05) is 21.0 Å². The molecule has 0 aliphatic heterocycles. The summed E-state index contributed by atoms with van der Waals surface area (Å²) in [5, 5.41) is 0. The summed E-state index contributed by atoms with van der Waals surface area (Å²) in [5.74, 6) is 1.59. The Hall–Kier alpha value is -1.87. The van der Waals surface area contributed by atoms with Crippen molar-refractivity contribution in [3.05, 3.63) is 55.8 Å². The number of benzene rings is 1. The standard InChI is InChI=1S/C22H25NOS/c1-11-8-14(9-12(2)21(11)23)17(24)6-7-18-15-10-16-20(22(16,4)5)19(15)13(3)25-18/h6-9,16,20H,10,23H2,1-5H3/t16-,20-/m1/s1. The van der Waals surface area contributed by atoms with Crippen molar-refractivity contribution in [3.8, 4) is 0 Å². The largest absolute Gasteiger partial charge is 0.398 e. The molecule has 0 unspecified atom stereocenters. The molecule has 25 heavy (non-hydrogen) atoms. The lowest BCUT2D eigenvalue weighted by atomic mass is 9.95. The van der Waals surface area contributed by atoms with Gasteiger partial charge in [-0.25, -0.2) is 0 Å². The van der Waals surface area contributed by atoms with Crippen LogP contribution in [0.25, 0.3) is 6.08 Å². The van der Waals surface area contributed by atoms with Crippen molar-refractivity contribution in [1.82, 2.24) is 0 Å². The van der Waals surface area contributed by atoms with E-state index in [0.717, 1.165) is 28.7 Å². The summed E-state index contributed by atoms with van der Waals surface area (Å²) in [6, 6.07) is 3.77. The van der Waals surface area contributed by atoms with Crippen LogP contribution >= 0.6 is 11.3 Å². The highest BCUT2D eigenvalue weighted by Crippen LogP contribution is 2.71. The molecule has 1 heterocycles. The number of hydrogen-bond donors (Lipinski definition) is 1. The van der Waals surface area contributed by atoms with Gasteiger partial charge in [0.25, 0.3) is 0 Å². The molecular weight excluding hydrogens is 326 g/mol. The van der Waals surface area contributed by atoms with Crippen molar-refractivity contribution >= 4 is 28.9 Å². The highest BCUT2D eigenvalue weighted by molar-refractivity contribution is 7.13. The molecule has 4 rings (SSSR count). The molecule has 1 saturated carbocycles. The van der Waals surface area contributed by atoms with E-state index >= 15 is 0 Å². The molecule has 0 amide bonds. The Bertz CT molecular complexity index is 909. The molecule has 0 spiro atoms. The third-order valence-electron chi connectivity index (χ3n) is 6.31. The van der Waals surface area contributed by atoms with Crippen molar-refractivity contribution in [2.45, 2.75) is 47.0 Å². The number of carbonyl (C=O) groups excluding carboxylic acids is 1. The number of anilines is 1. The summed E-state index contributed by atoms with van der Waals surface area (Å²) in [6.45, 7) is 10.9. The second-order valence-electron chi connectivity index (χ2n) is 8.25. The Labute approximate surface area is 153 Å². The lowest BCUT2D eigenvalue weighted by Crippen LogP contribution is -2.01. The minimum atomic E-state index is 0.0505. The third kappa shape index (κ3) is 2.40. The van der Waals surface area contributed by atoms with Gasteiger partial charge in [0.15, 0.2) is 5.78 Å². The Kier molecular flexibility index (Phi) is 3.52. The van der Waals surface area contributed by atoms with Gasteiger partial charge in [-0.15, -0.1) is 11.3 Å². The Morgan fingerprint density at radius 1 is 1.24 bits per heavy atom. The van der Waals surface area contributed by atoms with Gasteiger partial charge < -0.3 is 5.73 Å². The van der Waals surface area contributed by atoms with Crippen LogP contribution in [-0.2, 0) is 6.42 Å². The van der Waals surface area contributed by atoms with Crippen LogP contribution in [0, 0.1) is 32.1 Å². The maximum Gasteiger partial charge on any atom is 0.185 e. The molecule has 2 atom stereocenters. The van der Waals surface area contributed by atoms with E-state index in [9.17, 15) is 4.79 Å². The number of fused-ring (bicyclic) bond motifs is 3. The van der Waals surface area contributed by atoms with Gasteiger partial charge in [-0.05, 0) is 91.0 Å². The minimum absolute atomic E-state index is 0.0505. The number of rotatable bonds is 3. The first-order valence-corrected chi connectivity index (χ1v) is 9.74. The third-order valence-corrected chi connectivity index (χ3v) is 7.44. The number of aryl methyl sites for hydroxylation is 3. The fraction of sp³-hybridized carbons (Fsp3) is 0.409. The van der Waals surface area contributed by atoms with Crippen LogP contribution < -0.4 is 5.73 Å². The molecule has 130 valence electrons. The van der Waals surface area contributed by atoms with Gasteiger partial charge in [0.1, 0.15) is 0 Å². The van der Waals surface area contributed by atoms with E-state index < -0.39 is 0 Å². The summed E-state index contributed by atoms with van der Waals surface area (Å²) in [5.41, 5.74) is 12.9. The first-order chi connectivity index (χ1) is 11.7. The Balaban J connectivity index is 1.61. The van der Waals surface area contributed by atoms with E-state index in [0.29, 0.717) is 11.0 Å². The van der Waals surface area contributed by atoms with Crippen LogP contribution in [-0.4, -0.2) is 5.78 Å². The molecule has 1 aromatic carbocycles. The first kappa shape index (κ1) is 16.6. The quantitative estimate of drug-likeness (QED) is 0.454. The average Bonchev–Trinajstić information content (AvgIpc) is 2.90. The molecule has 3 heteroatoms.